The van der Waals surface area contributed by atoms with Gasteiger partial charge in [0.25, 0.3) is 5.56 Å². The van der Waals surface area contributed by atoms with Crippen LogP contribution in [-0.4, -0.2) is 25.3 Å². The molecule has 21 heavy (non-hydrogen) atoms. The highest BCUT2D eigenvalue weighted by Crippen LogP contribution is 2.18. The maximum Gasteiger partial charge on any atom is 0.290 e. The Balaban J connectivity index is 1.66. The lowest BCUT2D eigenvalue weighted by molar-refractivity contribution is 0.785. The van der Waals surface area contributed by atoms with Gasteiger partial charge >= 0.3 is 0 Å². The molecular formula is C15H16N4OS. The van der Waals surface area contributed by atoms with Crippen LogP contribution in [0.3, 0.4) is 0 Å². The lowest BCUT2D eigenvalue weighted by Crippen LogP contribution is -2.13. The number of thioether (sulfide) groups is 1. The standard InChI is InChI=1S/C15H16N4OS/c1-11-13-14(20)17-18-15(19(13)10-16-11)21-9-5-8-12-6-3-2-4-7-12/h2-4,6-7,10H,5,8-9H2,1H3,(H,17,20). The van der Waals surface area contributed by atoms with Crippen LogP contribution in [-0.2, 0) is 6.42 Å². The van der Waals surface area contributed by atoms with Gasteiger partial charge in [0.2, 0.25) is 0 Å². The summed E-state index contributed by atoms with van der Waals surface area (Å²) in [6, 6.07) is 10.4. The lowest BCUT2D eigenvalue weighted by atomic mass is 10.1. The molecule has 0 radical (unpaired) electrons. The zero-order valence-corrected chi connectivity index (χ0v) is 12.6. The Bertz CT molecular complexity index is 794. The van der Waals surface area contributed by atoms with Crippen molar-refractivity contribution in [3.63, 3.8) is 0 Å². The van der Waals surface area contributed by atoms with Crippen LogP contribution in [0.25, 0.3) is 5.52 Å². The molecule has 0 saturated carbocycles. The van der Waals surface area contributed by atoms with Crippen LogP contribution >= 0.6 is 11.8 Å². The van der Waals surface area contributed by atoms with Gasteiger partial charge < -0.3 is 0 Å². The minimum Gasteiger partial charge on any atom is -0.271 e. The number of fused-ring (bicyclic) bond motifs is 1. The zero-order valence-electron chi connectivity index (χ0n) is 11.7. The van der Waals surface area contributed by atoms with Crippen LogP contribution in [0.5, 0.6) is 0 Å². The van der Waals surface area contributed by atoms with Gasteiger partial charge in [-0.3, -0.25) is 9.20 Å². The van der Waals surface area contributed by atoms with E-state index in [2.05, 4.69) is 39.4 Å². The van der Waals surface area contributed by atoms with Crippen LogP contribution < -0.4 is 5.56 Å². The van der Waals surface area contributed by atoms with Gasteiger partial charge in [-0.2, -0.15) is 0 Å². The highest BCUT2D eigenvalue weighted by molar-refractivity contribution is 7.99. The second-order valence-electron chi connectivity index (χ2n) is 4.82. The van der Waals surface area contributed by atoms with Crippen LogP contribution in [0, 0.1) is 6.92 Å². The number of nitrogens with zero attached hydrogens (tertiary/aromatic N) is 3. The Morgan fingerprint density at radius 1 is 1.29 bits per heavy atom. The normalized spacial score (nSPS) is 11.1. The number of H-pyrrole nitrogens is 1. The average Bonchev–Trinajstić information content (AvgIpc) is 2.90. The molecule has 0 aliphatic carbocycles. The third-order valence-electron chi connectivity index (χ3n) is 3.31. The quantitative estimate of drug-likeness (QED) is 0.581. The highest BCUT2D eigenvalue weighted by atomic mass is 32.2. The molecule has 1 N–H and O–H groups in total. The number of rotatable bonds is 5. The summed E-state index contributed by atoms with van der Waals surface area (Å²) >= 11 is 1.63. The molecule has 2 heterocycles. The van der Waals surface area contributed by atoms with E-state index < -0.39 is 0 Å². The topological polar surface area (TPSA) is 63.1 Å². The monoisotopic (exact) mass is 300 g/mol. The number of imidazole rings is 1. The summed E-state index contributed by atoms with van der Waals surface area (Å²) in [5.41, 5.74) is 2.45. The largest absolute Gasteiger partial charge is 0.290 e. The molecule has 0 spiro atoms. The molecule has 0 unspecified atom stereocenters. The molecule has 0 fully saturated rings. The Morgan fingerprint density at radius 2 is 2.10 bits per heavy atom. The number of hydrogen-bond acceptors (Lipinski definition) is 4. The first-order valence-electron chi connectivity index (χ1n) is 6.85. The molecule has 0 amide bonds. The van der Waals surface area contributed by atoms with Gasteiger partial charge in [0.1, 0.15) is 11.8 Å². The van der Waals surface area contributed by atoms with Crippen LogP contribution in [0.2, 0.25) is 0 Å². The van der Waals surface area contributed by atoms with Crippen molar-refractivity contribution in [2.24, 2.45) is 0 Å². The second kappa shape index (κ2) is 6.13. The molecule has 6 heteroatoms. The predicted molar refractivity (Wildman–Crippen MR) is 83.8 cm³/mol. The van der Waals surface area contributed by atoms with Crippen LogP contribution in [0.4, 0.5) is 0 Å². The van der Waals surface area contributed by atoms with Crippen molar-refractivity contribution in [2.75, 3.05) is 5.75 Å². The van der Waals surface area contributed by atoms with E-state index in [0.717, 1.165) is 29.4 Å². The summed E-state index contributed by atoms with van der Waals surface area (Å²) in [5, 5.41) is 7.43. The van der Waals surface area contributed by atoms with Gasteiger partial charge in [-0.25, -0.2) is 10.1 Å². The number of aryl methyl sites for hydroxylation is 2. The first kappa shape index (κ1) is 13.9. The van der Waals surface area contributed by atoms with Crippen LogP contribution in [0.1, 0.15) is 17.7 Å². The van der Waals surface area contributed by atoms with Crippen molar-refractivity contribution in [1.29, 1.82) is 0 Å². The fraction of sp³-hybridized carbons (Fsp3) is 0.267. The third kappa shape index (κ3) is 3.00. The molecule has 3 rings (SSSR count). The van der Waals surface area contributed by atoms with E-state index >= 15 is 0 Å². The van der Waals surface area contributed by atoms with E-state index in [1.54, 1.807) is 22.5 Å². The molecular weight excluding hydrogens is 284 g/mol. The van der Waals surface area contributed by atoms with E-state index in [4.69, 9.17) is 0 Å². The van der Waals surface area contributed by atoms with Gasteiger partial charge in [0.15, 0.2) is 5.16 Å². The van der Waals surface area contributed by atoms with Crippen molar-refractivity contribution in [3.05, 3.63) is 58.3 Å². The van der Waals surface area contributed by atoms with E-state index in [-0.39, 0.29) is 5.56 Å². The summed E-state index contributed by atoms with van der Waals surface area (Å²) in [4.78, 5) is 15.9. The maximum atomic E-state index is 11.7. The van der Waals surface area contributed by atoms with Gasteiger partial charge in [-0.15, -0.1) is 5.10 Å². The molecule has 0 saturated heterocycles. The minimum absolute atomic E-state index is 0.196. The van der Waals surface area contributed by atoms with Crippen molar-refractivity contribution in [2.45, 2.75) is 24.9 Å². The summed E-state index contributed by atoms with van der Waals surface area (Å²) in [5.74, 6) is 0.945. The van der Waals surface area contributed by atoms with Gasteiger partial charge in [-0.1, -0.05) is 42.1 Å². The molecule has 0 aliphatic rings. The lowest BCUT2D eigenvalue weighted by Gasteiger charge is -2.04. The van der Waals surface area contributed by atoms with Crippen molar-refractivity contribution < 1.29 is 0 Å². The smallest absolute Gasteiger partial charge is 0.271 e. The molecule has 5 nitrogen and oxygen atoms in total. The number of aromatic amines is 1. The minimum atomic E-state index is -0.196. The van der Waals surface area contributed by atoms with E-state index in [1.165, 1.54) is 5.56 Å². The summed E-state index contributed by atoms with van der Waals surface area (Å²) in [7, 11) is 0. The van der Waals surface area contributed by atoms with Crippen molar-refractivity contribution in [3.8, 4) is 0 Å². The third-order valence-corrected chi connectivity index (χ3v) is 4.35. The molecule has 0 aliphatic heterocycles. The Morgan fingerprint density at radius 3 is 2.90 bits per heavy atom. The zero-order chi connectivity index (χ0) is 14.7. The Hall–Kier alpha value is -2.08. The molecule has 0 atom stereocenters. The molecule has 2 aromatic heterocycles. The SMILES string of the molecule is Cc1ncn2c(SCCCc3ccccc3)n[nH]c(=O)c12. The summed E-state index contributed by atoms with van der Waals surface area (Å²) in [6.45, 7) is 1.83. The van der Waals surface area contributed by atoms with Gasteiger partial charge in [0.05, 0.1) is 5.69 Å². The first-order chi connectivity index (χ1) is 10.3. The number of aromatic nitrogens is 4. The van der Waals surface area contributed by atoms with E-state index in [0.29, 0.717) is 5.52 Å². The molecule has 0 bridgehead atoms. The highest BCUT2D eigenvalue weighted by Gasteiger charge is 2.09. The fourth-order valence-corrected chi connectivity index (χ4v) is 3.11. The second-order valence-corrected chi connectivity index (χ2v) is 5.88. The van der Waals surface area contributed by atoms with Crippen LogP contribution in [0.15, 0.2) is 46.6 Å². The summed E-state index contributed by atoms with van der Waals surface area (Å²) < 4.78 is 1.77. The predicted octanol–water partition coefficient (Wildman–Crippen LogP) is 2.45. The Kier molecular flexibility index (Phi) is 4.06. The number of hydrogen-bond donors (Lipinski definition) is 1. The van der Waals surface area contributed by atoms with Crippen molar-refractivity contribution >= 4 is 17.3 Å². The van der Waals surface area contributed by atoms with E-state index in [1.807, 2.05) is 13.0 Å². The fourth-order valence-electron chi connectivity index (χ4n) is 2.25. The Labute approximate surface area is 126 Å². The molecule has 1 aromatic carbocycles. The van der Waals surface area contributed by atoms with Gasteiger partial charge in [-0.05, 0) is 25.3 Å². The number of benzene rings is 1. The number of nitrogens with one attached hydrogen (secondary N) is 1. The molecule has 3 aromatic rings. The summed E-state index contributed by atoms with van der Waals surface area (Å²) in [6.07, 6.45) is 3.76. The first-order valence-corrected chi connectivity index (χ1v) is 7.83. The van der Waals surface area contributed by atoms with Crippen molar-refractivity contribution in [1.82, 2.24) is 19.6 Å². The maximum absolute atomic E-state index is 11.7. The average molecular weight is 300 g/mol. The van der Waals surface area contributed by atoms with E-state index in [9.17, 15) is 4.79 Å². The molecule has 108 valence electrons. The van der Waals surface area contributed by atoms with Gasteiger partial charge in [0, 0.05) is 5.75 Å².